The van der Waals surface area contributed by atoms with E-state index in [9.17, 15) is 0 Å². The fourth-order valence-corrected chi connectivity index (χ4v) is 2.48. The summed E-state index contributed by atoms with van der Waals surface area (Å²) in [4.78, 5) is 2.60. The van der Waals surface area contributed by atoms with Crippen LogP contribution in [0, 0.1) is 11.3 Å². The van der Waals surface area contributed by atoms with Crippen LogP contribution in [0.4, 0.5) is 0 Å². The third kappa shape index (κ3) is 1.50. The predicted molar refractivity (Wildman–Crippen MR) is 53.7 cm³/mol. The smallest absolute Gasteiger partial charge is 0.0536 e. The molecule has 2 saturated heterocycles. The van der Waals surface area contributed by atoms with Gasteiger partial charge in [-0.3, -0.25) is 4.90 Å². The van der Waals surface area contributed by atoms with Crippen molar-refractivity contribution in [2.45, 2.75) is 33.2 Å². The fraction of sp³-hybridized carbons (Fsp3) is 1.00. The first-order valence-corrected chi connectivity index (χ1v) is 5.25. The maximum atomic E-state index is 5.55. The van der Waals surface area contributed by atoms with E-state index in [1.807, 2.05) is 0 Å². The molecule has 0 saturated carbocycles. The monoisotopic (exact) mass is 183 g/mol. The van der Waals surface area contributed by atoms with E-state index in [0.29, 0.717) is 11.0 Å². The second-order valence-electron chi connectivity index (χ2n) is 5.92. The summed E-state index contributed by atoms with van der Waals surface area (Å²) in [6, 6.07) is 0. The molecule has 0 spiro atoms. The average molecular weight is 183 g/mol. The third-order valence-electron chi connectivity index (χ3n) is 3.68. The van der Waals surface area contributed by atoms with Crippen molar-refractivity contribution in [3.05, 3.63) is 0 Å². The first-order valence-electron chi connectivity index (χ1n) is 5.25. The Morgan fingerprint density at radius 2 is 2.08 bits per heavy atom. The maximum absolute atomic E-state index is 5.55. The van der Waals surface area contributed by atoms with Crippen molar-refractivity contribution >= 4 is 0 Å². The van der Waals surface area contributed by atoms with Crippen LogP contribution in [0.25, 0.3) is 0 Å². The predicted octanol–water partition coefficient (Wildman–Crippen LogP) is 1.75. The van der Waals surface area contributed by atoms with Gasteiger partial charge in [-0.2, -0.15) is 0 Å². The van der Waals surface area contributed by atoms with Crippen molar-refractivity contribution in [2.75, 3.05) is 26.3 Å². The molecule has 0 aromatic carbocycles. The molecule has 0 amide bonds. The van der Waals surface area contributed by atoms with Crippen molar-refractivity contribution in [3.8, 4) is 0 Å². The highest BCUT2D eigenvalue weighted by molar-refractivity contribution is 4.99. The lowest BCUT2D eigenvalue weighted by molar-refractivity contribution is 0.0978. The Kier molecular flexibility index (Phi) is 1.97. The molecule has 0 radical (unpaired) electrons. The summed E-state index contributed by atoms with van der Waals surface area (Å²) in [5, 5.41) is 0. The van der Waals surface area contributed by atoms with Crippen LogP contribution in [-0.4, -0.2) is 36.7 Å². The van der Waals surface area contributed by atoms with E-state index < -0.39 is 0 Å². The normalized spacial score (nSPS) is 41.1. The quantitative estimate of drug-likeness (QED) is 0.567. The van der Waals surface area contributed by atoms with E-state index >= 15 is 0 Å². The Bertz CT molecular complexity index is 209. The number of nitrogens with zero attached hydrogens (tertiary/aromatic N) is 1. The van der Waals surface area contributed by atoms with E-state index in [0.717, 1.165) is 19.1 Å². The zero-order valence-corrected chi connectivity index (χ0v) is 9.26. The number of hydrogen-bond acceptors (Lipinski definition) is 2. The number of hydrogen-bond donors (Lipinski definition) is 0. The molecular weight excluding hydrogens is 162 g/mol. The van der Waals surface area contributed by atoms with Crippen LogP contribution >= 0.6 is 0 Å². The highest BCUT2D eigenvalue weighted by Crippen LogP contribution is 2.42. The largest absolute Gasteiger partial charge is 0.380 e. The Balaban J connectivity index is 2.10. The molecular formula is C11H21NO. The van der Waals surface area contributed by atoms with Crippen LogP contribution in [0.2, 0.25) is 0 Å². The van der Waals surface area contributed by atoms with Crippen LogP contribution in [-0.2, 0) is 4.74 Å². The Morgan fingerprint density at radius 3 is 2.62 bits per heavy atom. The van der Waals surface area contributed by atoms with Gasteiger partial charge in [0.15, 0.2) is 0 Å². The molecule has 0 aromatic heterocycles. The van der Waals surface area contributed by atoms with Gasteiger partial charge in [0.1, 0.15) is 0 Å². The molecule has 0 bridgehead atoms. The molecule has 2 aliphatic heterocycles. The van der Waals surface area contributed by atoms with Crippen LogP contribution in [0.5, 0.6) is 0 Å². The molecule has 2 heterocycles. The zero-order chi connectivity index (χ0) is 9.69. The Labute approximate surface area is 81.3 Å². The van der Waals surface area contributed by atoms with Gasteiger partial charge in [0.2, 0.25) is 0 Å². The topological polar surface area (TPSA) is 12.5 Å². The first-order chi connectivity index (χ1) is 5.92. The lowest BCUT2D eigenvalue weighted by Crippen LogP contribution is -2.41. The van der Waals surface area contributed by atoms with Gasteiger partial charge in [-0.1, -0.05) is 6.92 Å². The van der Waals surface area contributed by atoms with E-state index in [4.69, 9.17) is 4.74 Å². The second-order valence-corrected chi connectivity index (χ2v) is 5.92. The molecule has 76 valence electrons. The molecule has 1 unspecified atom stereocenters. The van der Waals surface area contributed by atoms with Gasteiger partial charge in [-0.15, -0.1) is 0 Å². The van der Waals surface area contributed by atoms with Gasteiger partial charge < -0.3 is 4.74 Å². The van der Waals surface area contributed by atoms with Gasteiger partial charge in [0.05, 0.1) is 13.2 Å². The second kappa shape index (κ2) is 2.71. The van der Waals surface area contributed by atoms with Gasteiger partial charge in [0.25, 0.3) is 0 Å². The van der Waals surface area contributed by atoms with Crippen LogP contribution < -0.4 is 0 Å². The summed E-state index contributed by atoms with van der Waals surface area (Å²) >= 11 is 0. The van der Waals surface area contributed by atoms with E-state index in [1.54, 1.807) is 0 Å². The summed E-state index contributed by atoms with van der Waals surface area (Å²) in [5.74, 6) is 0.770. The highest BCUT2D eigenvalue weighted by atomic mass is 16.5. The van der Waals surface area contributed by atoms with Crippen molar-refractivity contribution < 1.29 is 4.74 Å². The van der Waals surface area contributed by atoms with Crippen molar-refractivity contribution in [1.82, 2.24) is 4.90 Å². The zero-order valence-electron chi connectivity index (χ0n) is 9.26. The average Bonchev–Trinajstić information content (AvgIpc) is 2.39. The highest BCUT2D eigenvalue weighted by Gasteiger charge is 2.49. The van der Waals surface area contributed by atoms with Crippen LogP contribution in [0.3, 0.4) is 0 Å². The van der Waals surface area contributed by atoms with Crippen molar-refractivity contribution in [2.24, 2.45) is 11.3 Å². The van der Waals surface area contributed by atoms with E-state index in [1.165, 1.54) is 13.1 Å². The number of fused-ring (bicyclic) bond motifs is 1. The standard InChI is InChI=1S/C11H21NO/c1-10(2,3)12-5-9-6-13-8-11(9,4)7-12/h9H,5-8H2,1-4H3/t9?,11-/m1/s1. The summed E-state index contributed by atoms with van der Waals surface area (Å²) in [6.45, 7) is 13.7. The molecule has 0 aromatic rings. The Hall–Kier alpha value is -0.0800. The van der Waals surface area contributed by atoms with Gasteiger partial charge in [-0.25, -0.2) is 0 Å². The molecule has 2 fully saturated rings. The van der Waals surface area contributed by atoms with Gasteiger partial charge in [0, 0.05) is 30.0 Å². The molecule has 2 rings (SSSR count). The third-order valence-corrected chi connectivity index (χ3v) is 3.68. The van der Waals surface area contributed by atoms with E-state index in [2.05, 4.69) is 32.6 Å². The first kappa shape index (κ1) is 9.47. The van der Waals surface area contributed by atoms with Crippen molar-refractivity contribution in [1.29, 1.82) is 0 Å². The van der Waals surface area contributed by atoms with Gasteiger partial charge in [-0.05, 0) is 20.8 Å². The maximum Gasteiger partial charge on any atom is 0.0536 e. The number of ether oxygens (including phenoxy) is 1. The van der Waals surface area contributed by atoms with Gasteiger partial charge >= 0.3 is 0 Å². The molecule has 0 N–H and O–H groups in total. The SMILES string of the molecule is CC(C)(C)N1CC2COC[C@@]2(C)C1. The minimum atomic E-state index is 0.327. The van der Waals surface area contributed by atoms with E-state index in [-0.39, 0.29) is 0 Å². The lowest BCUT2D eigenvalue weighted by Gasteiger charge is -2.33. The summed E-state index contributed by atoms with van der Waals surface area (Å²) in [5.41, 5.74) is 0.765. The summed E-state index contributed by atoms with van der Waals surface area (Å²) in [6.07, 6.45) is 0. The van der Waals surface area contributed by atoms with Crippen LogP contribution in [0.15, 0.2) is 0 Å². The molecule has 13 heavy (non-hydrogen) atoms. The molecule has 2 heteroatoms. The molecule has 2 atom stereocenters. The van der Waals surface area contributed by atoms with Crippen molar-refractivity contribution in [3.63, 3.8) is 0 Å². The number of likely N-dealkylation sites (tertiary alicyclic amines) is 1. The molecule has 0 aliphatic carbocycles. The van der Waals surface area contributed by atoms with Crippen LogP contribution in [0.1, 0.15) is 27.7 Å². The summed E-state index contributed by atoms with van der Waals surface area (Å²) in [7, 11) is 0. The summed E-state index contributed by atoms with van der Waals surface area (Å²) < 4.78 is 5.55. The minimum absolute atomic E-state index is 0.327. The fourth-order valence-electron chi connectivity index (χ4n) is 2.48. The Morgan fingerprint density at radius 1 is 1.38 bits per heavy atom. The number of rotatable bonds is 0. The lowest BCUT2D eigenvalue weighted by atomic mass is 9.83. The minimum Gasteiger partial charge on any atom is -0.380 e. The molecule has 2 aliphatic rings. The molecule has 2 nitrogen and oxygen atoms in total.